The Hall–Kier alpha value is -3.06. The summed E-state index contributed by atoms with van der Waals surface area (Å²) in [5.41, 5.74) is 2.17. The van der Waals surface area contributed by atoms with Crippen molar-refractivity contribution in [3.05, 3.63) is 59.7 Å². The molecule has 31 heavy (non-hydrogen) atoms. The molecule has 7 heteroatoms. The normalized spacial score (nSPS) is 23.7. The van der Waals surface area contributed by atoms with Gasteiger partial charge in [-0.1, -0.05) is 36.4 Å². The smallest absolute Gasteiger partial charge is 0.325 e. The van der Waals surface area contributed by atoms with Crippen molar-refractivity contribution in [3.8, 4) is 11.5 Å². The third-order valence-electron chi connectivity index (χ3n) is 6.23. The van der Waals surface area contributed by atoms with E-state index >= 15 is 0 Å². The number of carbonyl (C=O) groups excluding carboxylic acids is 2. The number of nitrogens with zero attached hydrogens (tertiary/aromatic N) is 2. The fraction of sp³-hybridized carbons (Fsp3) is 0.417. The van der Waals surface area contributed by atoms with E-state index in [-0.39, 0.29) is 18.0 Å². The van der Waals surface area contributed by atoms with Gasteiger partial charge in [0.1, 0.15) is 6.04 Å². The molecule has 3 aliphatic heterocycles. The Balaban J connectivity index is 1.29. The first kappa shape index (κ1) is 19.9. The van der Waals surface area contributed by atoms with Crippen LogP contribution in [0.15, 0.2) is 48.5 Å². The summed E-state index contributed by atoms with van der Waals surface area (Å²) >= 11 is 0. The van der Waals surface area contributed by atoms with E-state index in [2.05, 4.69) is 16.3 Å². The maximum Gasteiger partial charge on any atom is 0.325 e. The van der Waals surface area contributed by atoms with E-state index in [1.54, 1.807) is 0 Å². The van der Waals surface area contributed by atoms with E-state index in [1.807, 2.05) is 42.5 Å². The first-order valence-corrected chi connectivity index (χ1v) is 11.0. The van der Waals surface area contributed by atoms with Gasteiger partial charge in [0.05, 0.1) is 19.9 Å². The zero-order chi connectivity index (χ0) is 21.2. The average molecular weight is 421 g/mol. The second-order valence-corrected chi connectivity index (χ2v) is 8.33. The zero-order valence-corrected chi connectivity index (χ0v) is 17.5. The molecule has 3 aliphatic rings. The SMILES string of the molecule is O=C1N[C@H](Cc2ccccc2)C(=O)N1CN1CCC[C@H]1c1ccc2c(c1)OCCCO2. The average Bonchev–Trinajstić information content (AvgIpc) is 3.25. The molecule has 0 unspecified atom stereocenters. The Morgan fingerprint density at radius 1 is 0.968 bits per heavy atom. The van der Waals surface area contributed by atoms with Crippen molar-refractivity contribution in [2.45, 2.75) is 37.8 Å². The van der Waals surface area contributed by atoms with Crippen molar-refractivity contribution < 1.29 is 19.1 Å². The van der Waals surface area contributed by atoms with E-state index in [0.29, 0.717) is 26.3 Å². The minimum atomic E-state index is -0.506. The lowest BCUT2D eigenvalue weighted by atomic mass is 10.0. The highest BCUT2D eigenvalue weighted by atomic mass is 16.5. The first-order valence-electron chi connectivity index (χ1n) is 11.0. The van der Waals surface area contributed by atoms with E-state index in [4.69, 9.17) is 9.47 Å². The molecule has 2 aromatic rings. The van der Waals surface area contributed by atoms with Crippen LogP contribution in [0, 0.1) is 0 Å². The van der Waals surface area contributed by atoms with Crippen molar-refractivity contribution in [3.63, 3.8) is 0 Å². The molecule has 1 N–H and O–H groups in total. The summed E-state index contributed by atoms with van der Waals surface area (Å²) in [4.78, 5) is 29.1. The summed E-state index contributed by atoms with van der Waals surface area (Å²) < 4.78 is 11.6. The minimum absolute atomic E-state index is 0.144. The molecule has 0 radical (unpaired) electrons. The van der Waals surface area contributed by atoms with Crippen LogP contribution in [-0.2, 0) is 11.2 Å². The zero-order valence-electron chi connectivity index (χ0n) is 17.5. The molecule has 0 spiro atoms. The van der Waals surface area contributed by atoms with Gasteiger partial charge < -0.3 is 14.8 Å². The largest absolute Gasteiger partial charge is 0.490 e. The highest BCUT2D eigenvalue weighted by molar-refractivity contribution is 6.04. The van der Waals surface area contributed by atoms with Gasteiger partial charge in [-0.3, -0.25) is 9.69 Å². The van der Waals surface area contributed by atoms with E-state index < -0.39 is 6.04 Å². The van der Waals surface area contributed by atoms with Crippen LogP contribution in [-0.4, -0.2) is 54.2 Å². The molecule has 2 saturated heterocycles. The summed E-state index contributed by atoms with van der Waals surface area (Å²) in [6.07, 6.45) is 3.39. The van der Waals surface area contributed by atoms with Gasteiger partial charge in [-0.25, -0.2) is 9.69 Å². The van der Waals surface area contributed by atoms with Crippen LogP contribution < -0.4 is 14.8 Å². The Morgan fingerprint density at radius 2 is 1.77 bits per heavy atom. The van der Waals surface area contributed by atoms with Crippen molar-refractivity contribution in [1.29, 1.82) is 0 Å². The van der Waals surface area contributed by atoms with Crippen molar-refractivity contribution in [2.75, 3.05) is 26.4 Å². The Kier molecular flexibility index (Phi) is 5.51. The molecule has 0 aliphatic carbocycles. The third kappa shape index (κ3) is 4.10. The van der Waals surface area contributed by atoms with Gasteiger partial charge in [-0.05, 0) is 36.1 Å². The Morgan fingerprint density at radius 3 is 2.61 bits per heavy atom. The number of fused-ring (bicyclic) bond motifs is 1. The summed E-state index contributed by atoms with van der Waals surface area (Å²) in [6, 6.07) is 15.2. The van der Waals surface area contributed by atoms with Crippen LogP contribution in [0.25, 0.3) is 0 Å². The van der Waals surface area contributed by atoms with Crippen LogP contribution in [0.4, 0.5) is 4.79 Å². The Bertz CT molecular complexity index is 965. The van der Waals surface area contributed by atoms with E-state index in [1.165, 1.54) is 4.90 Å². The quantitative estimate of drug-likeness (QED) is 0.752. The summed E-state index contributed by atoms with van der Waals surface area (Å²) in [5.74, 6) is 1.40. The Labute approximate surface area is 181 Å². The van der Waals surface area contributed by atoms with Crippen molar-refractivity contribution >= 4 is 11.9 Å². The second-order valence-electron chi connectivity index (χ2n) is 8.33. The molecule has 0 saturated carbocycles. The molecule has 7 nitrogen and oxygen atoms in total. The van der Waals surface area contributed by atoms with Crippen molar-refractivity contribution in [1.82, 2.24) is 15.1 Å². The van der Waals surface area contributed by atoms with Gasteiger partial charge in [0.15, 0.2) is 11.5 Å². The van der Waals surface area contributed by atoms with Crippen LogP contribution in [0.1, 0.15) is 36.4 Å². The third-order valence-corrected chi connectivity index (χ3v) is 6.23. The van der Waals surface area contributed by atoms with Crippen LogP contribution in [0.2, 0.25) is 0 Å². The lowest BCUT2D eigenvalue weighted by molar-refractivity contribution is -0.129. The van der Waals surface area contributed by atoms with Crippen molar-refractivity contribution in [2.24, 2.45) is 0 Å². The van der Waals surface area contributed by atoms with E-state index in [0.717, 1.165) is 48.4 Å². The topological polar surface area (TPSA) is 71.1 Å². The molecule has 5 rings (SSSR count). The molecule has 0 bridgehead atoms. The molecule has 3 heterocycles. The maximum absolute atomic E-state index is 13.0. The summed E-state index contributed by atoms with van der Waals surface area (Å²) in [6.45, 7) is 2.46. The number of rotatable bonds is 5. The number of ether oxygens (including phenoxy) is 2. The lowest BCUT2D eigenvalue weighted by Crippen LogP contribution is -2.41. The number of hydrogen-bond acceptors (Lipinski definition) is 5. The highest BCUT2D eigenvalue weighted by Gasteiger charge is 2.40. The molecule has 3 amide bonds. The van der Waals surface area contributed by atoms with Crippen LogP contribution >= 0.6 is 0 Å². The molecule has 2 fully saturated rings. The fourth-order valence-electron chi connectivity index (χ4n) is 4.64. The minimum Gasteiger partial charge on any atom is -0.490 e. The first-order chi connectivity index (χ1) is 15.2. The molecule has 2 atom stereocenters. The number of nitrogens with one attached hydrogen (secondary N) is 1. The monoisotopic (exact) mass is 421 g/mol. The standard InChI is InChI=1S/C24H27N3O4/c28-23-19(14-17-6-2-1-3-7-17)25-24(29)27(23)16-26-11-4-8-20(26)18-9-10-21-22(15-18)31-13-5-12-30-21/h1-3,6-7,9-10,15,19-20H,4-5,8,11-14,16H2,(H,25,29)/t19-,20+/m1/s1. The number of likely N-dealkylation sites (tertiary alicyclic amines) is 1. The van der Waals surface area contributed by atoms with Gasteiger partial charge in [-0.2, -0.15) is 0 Å². The number of urea groups is 1. The summed E-state index contributed by atoms with van der Waals surface area (Å²) in [7, 11) is 0. The molecular formula is C24H27N3O4. The van der Waals surface area contributed by atoms with Crippen LogP contribution in [0.3, 0.4) is 0 Å². The fourth-order valence-corrected chi connectivity index (χ4v) is 4.64. The molecule has 0 aromatic heterocycles. The summed E-state index contributed by atoms with van der Waals surface area (Å²) in [5, 5.41) is 2.85. The maximum atomic E-state index is 13.0. The second kappa shape index (κ2) is 8.59. The van der Waals surface area contributed by atoms with Gasteiger partial charge in [0.25, 0.3) is 5.91 Å². The van der Waals surface area contributed by atoms with Gasteiger partial charge in [0, 0.05) is 25.4 Å². The van der Waals surface area contributed by atoms with Gasteiger partial charge >= 0.3 is 6.03 Å². The van der Waals surface area contributed by atoms with Crippen LogP contribution in [0.5, 0.6) is 11.5 Å². The number of amides is 3. The van der Waals surface area contributed by atoms with Gasteiger partial charge in [-0.15, -0.1) is 0 Å². The number of hydrogen-bond donors (Lipinski definition) is 1. The highest BCUT2D eigenvalue weighted by Crippen LogP contribution is 2.38. The predicted octanol–water partition coefficient (Wildman–Crippen LogP) is 3.11. The molecular weight excluding hydrogens is 394 g/mol. The molecule has 2 aromatic carbocycles. The number of imide groups is 1. The lowest BCUT2D eigenvalue weighted by Gasteiger charge is -2.28. The predicted molar refractivity (Wildman–Crippen MR) is 115 cm³/mol. The van der Waals surface area contributed by atoms with E-state index in [9.17, 15) is 9.59 Å². The number of benzene rings is 2. The molecule has 162 valence electrons. The number of carbonyl (C=O) groups is 2. The van der Waals surface area contributed by atoms with Gasteiger partial charge in [0.2, 0.25) is 0 Å².